The second-order valence-electron chi connectivity index (χ2n) is 14.9. The summed E-state index contributed by atoms with van der Waals surface area (Å²) in [6.07, 6.45) is 3.57. The van der Waals surface area contributed by atoms with Gasteiger partial charge in [0.15, 0.2) is 5.84 Å². The molecule has 0 bridgehead atoms. The van der Waals surface area contributed by atoms with Crippen LogP contribution < -0.4 is 10.6 Å². The predicted molar refractivity (Wildman–Crippen MR) is 237 cm³/mol. The van der Waals surface area contributed by atoms with E-state index in [1.807, 2.05) is 54.7 Å². The number of hydrogen-bond donors (Lipinski definition) is 2. The number of amidine groups is 2. The van der Waals surface area contributed by atoms with Gasteiger partial charge in [0.2, 0.25) is 0 Å². The SMILES string of the molecule is C1=Cc2oc3ccccc3c2C(C2N=C(c3ccc(-c4ccc(-c5cccc6oc7ccccc7c56)c5ccccc45)c4ccccc34)N=C(c3ccccc3)N2)N1. The smallest absolute Gasteiger partial charge is 0.159 e. The lowest BCUT2D eigenvalue weighted by Crippen LogP contribution is -2.46. The van der Waals surface area contributed by atoms with Crippen LogP contribution in [0.5, 0.6) is 0 Å². The van der Waals surface area contributed by atoms with Crippen molar-refractivity contribution in [2.24, 2.45) is 9.98 Å². The second kappa shape index (κ2) is 12.9. The average Bonchev–Trinajstić information content (AvgIpc) is 3.87. The zero-order valence-corrected chi connectivity index (χ0v) is 31.2. The molecule has 2 N–H and O–H groups in total. The van der Waals surface area contributed by atoms with Gasteiger partial charge in [0.05, 0.1) is 6.04 Å². The molecule has 4 heterocycles. The molecule has 0 radical (unpaired) electrons. The van der Waals surface area contributed by atoms with Crippen LogP contribution in [0.4, 0.5) is 0 Å². The largest absolute Gasteiger partial charge is 0.456 e. The third-order valence-corrected chi connectivity index (χ3v) is 11.7. The van der Waals surface area contributed by atoms with Crippen molar-refractivity contribution in [2.45, 2.75) is 12.2 Å². The van der Waals surface area contributed by atoms with Crippen molar-refractivity contribution in [1.82, 2.24) is 10.6 Å². The fourth-order valence-electron chi connectivity index (χ4n) is 9.09. The van der Waals surface area contributed by atoms with Gasteiger partial charge < -0.3 is 19.5 Å². The van der Waals surface area contributed by atoms with E-state index in [2.05, 4.69) is 138 Å². The van der Waals surface area contributed by atoms with Gasteiger partial charge in [0, 0.05) is 39.0 Å². The molecule has 0 spiro atoms. The molecule has 10 aromatic rings. The molecule has 0 aliphatic carbocycles. The Morgan fingerprint density at radius 1 is 0.448 bits per heavy atom. The summed E-state index contributed by atoms with van der Waals surface area (Å²) in [5, 5.41) is 15.2. The number of nitrogens with one attached hydrogen (secondary N) is 2. The van der Waals surface area contributed by atoms with Gasteiger partial charge in [-0.15, -0.1) is 0 Å². The van der Waals surface area contributed by atoms with Crippen LogP contribution in [0.2, 0.25) is 0 Å². The van der Waals surface area contributed by atoms with E-state index >= 15 is 0 Å². The number of hydrogen-bond acceptors (Lipinski definition) is 6. The number of furan rings is 2. The van der Waals surface area contributed by atoms with Crippen LogP contribution in [0.15, 0.2) is 195 Å². The Hall–Kier alpha value is -7.70. The summed E-state index contributed by atoms with van der Waals surface area (Å²) in [4.78, 5) is 10.6. The van der Waals surface area contributed by atoms with Crippen LogP contribution in [0.3, 0.4) is 0 Å². The fourth-order valence-corrected chi connectivity index (χ4v) is 9.09. The first kappa shape index (κ1) is 32.5. The van der Waals surface area contributed by atoms with Gasteiger partial charge in [0.25, 0.3) is 0 Å². The molecule has 274 valence electrons. The number of para-hydroxylation sites is 2. The van der Waals surface area contributed by atoms with Crippen molar-refractivity contribution in [3.8, 4) is 22.3 Å². The van der Waals surface area contributed by atoms with Crippen LogP contribution >= 0.6 is 0 Å². The van der Waals surface area contributed by atoms with Crippen LogP contribution in [0, 0.1) is 0 Å². The molecular formula is C52H34N4O2. The van der Waals surface area contributed by atoms with E-state index < -0.39 is 0 Å². The zero-order chi connectivity index (χ0) is 38.2. The standard InChI is InChI=1S/C52H34N4O2/c1-2-13-31(14-3-1)50-54-51(56-52(55-50)49-48-42-20-9-11-23-44(42)58-46(48)29-30-53-49)40-28-27-37(34-17-6-7-18-35(34)40)36-25-26-38(33-16-5-4-15-32(33)36)39-21-12-24-45-47(39)41-19-8-10-22-43(41)57-45/h1-30,49,52-53H,(H,54,55,56). The van der Waals surface area contributed by atoms with Crippen molar-refractivity contribution in [2.75, 3.05) is 0 Å². The molecule has 58 heavy (non-hydrogen) atoms. The lowest BCUT2D eigenvalue weighted by Gasteiger charge is -2.31. The maximum Gasteiger partial charge on any atom is 0.159 e. The monoisotopic (exact) mass is 746 g/mol. The summed E-state index contributed by atoms with van der Waals surface area (Å²) in [7, 11) is 0. The van der Waals surface area contributed by atoms with Crippen LogP contribution in [-0.4, -0.2) is 17.8 Å². The lowest BCUT2D eigenvalue weighted by molar-refractivity contribution is 0.455. The van der Waals surface area contributed by atoms with Crippen molar-refractivity contribution in [3.63, 3.8) is 0 Å². The molecule has 8 aromatic carbocycles. The van der Waals surface area contributed by atoms with E-state index in [9.17, 15) is 0 Å². The Labute approximate surface area is 333 Å². The van der Waals surface area contributed by atoms with Crippen molar-refractivity contribution >= 4 is 72.2 Å². The zero-order valence-electron chi connectivity index (χ0n) is 31.2. The molecule has 2 atom stereocenters. The fraction of sp³-hybridized carbons (Fsp3) is 0.0385. The topological polar surface area (TPSA) is 75.1 Å². The van der Waals surface area contributed by atoms with Crippen LogP contribution in [0.1, 0.15) is 28.5 Å². The van der Waals surface area contributed by atoms with E-state index in [0.29, 0.717) is 5.84 Å². The van der Waals surface area contributed by atoms with Gasteiger partial charge in [-0.1, -0.05) is 146 Å². The molecule has 0 saturated carbocycles. The molecule has 2 aliphatic rings. The second-order valence-corrected chi connectivity index (χ2v) is 14.9. The lowest BCUT2D eigenvalue weighted by atomic mass is 9.88. The molecule has 2 unspecified atom stereocenters. The Balaban J connectivity index is 1.02. The van der Waals surface area contributed by atoms with Crippen molar-refractivity contribution < 1.29 is 8.83 Å². The molecule has 0 saturated heterocycles. The summed E-state index contributed by atoms with van der Waals surface area (Å²) >= 11 is 0. The molecule has 2 aliphatic heterocycles. The Morgan fingerprint density at radius 2 is 1.00 bits per heavy atom. The Kier molecular flexibility index (Phi) is 7.25. The minimum atomic E-state index is -0.376. The highest BCUT2D eigenvalue weighted by molar-refractivity contribution is 6.21. The van der Waals surface area contributed by atoms with Gasteiger partial charge >= 0.3 is 0 Å². The molecule has 0 amide bonds. The van der Waals surface area contributed by atoms with E-state index in [4.69, 9.17) is 18.8 Å². The summed E-state index contributed by atoms with van der Waals surface area (Å²) in [5.74, 6) is 2.29. The minimum absolute atomic E-state index is 0.200. The van der Waals surface area contributed by atoms with Gasteiger partial charge in [-0.2, -0.15) is 0 Å². The highest BCUT2D eigenvalue weighted by Crippen LogP contribution is 2.43. The van der Waals surface area contributed by atoms with E-state index in [0.717, 1.165) is 83.1 Å². The molecule has 0 fully saturated rings. The summed E-state index contributed by atoms with van der Waals surface area (Å²) in [6, 6.07) is 59.3. The van der Waals surface area contributed by atoms with Gasteiger partial charge in [0.1, 0.15) is 34.5 Å². The predicted octanol–water partition coefficient (Wildman–Crippen LogP) is 12.4. The molecule has 12 rings (SSSR count). The summed E-state index contributed by atoms with van der Waals surface area (Å²) < 4.78 is 12.6. The minimum Gasteiger partial charge on any atom is -0.456 e. The number of aliphatic imine (C=N–C) groups is 2. The number of rotatable bonds is 5. The third-order valence-electron chi connectivity index (χ3n) is 11.7. The van der Waals surface area contributed by atoms with Crippen molar-refractivity contribution in [3.05, 3.63) is 199 Å². The molecule has 6 nitrogen and oxygen atoms in total. The summed E-state index contributed by atoms with van der Waals surface area (Å²) in [6.45, 7) is 0. The first-order chi connectivity index (χ1) is 28.8. The highest BCUT2D eigenvalue weighted by Gasteiger charge is 2.34. The first-order valence-corrected chi connectivity index (χ1v) is 19.6. The maximum absolute atomic E-state index is 6.31. The maximum atomic E-state index is 6.31. The van der Waals surface area contributed by atoms with E-state index in [1.165, 1.54) is 21.9 Å². The average molecular weight is 747 g/mol. The first-order valence-electron chi connectivity index (χ1n) is 19.6. The van der Waals surface area contributed by atoms with E-state index in [1.54, 1.807) is 0 Å². The Morgan fingerprint density at radius 3 is 1.71 bits per heavy atom. The molecule has 6 heteroatoms. The van der Waals surface area contributed by atoms with Crippen molar-refractivity contribution in [1.29, 1.82) is 0 Å². The van der Waals surface area contributed by atoms with Gasteiger partial charge in [-0.25, -0.2) is 9.98 Å². The van der Waals surface area contributed by atoms with Crippen LogP contribution in [0.25, 0.3) is 82.8 Å². The highest BCUT2D eigenvalue weighted by atomic mass is 16.3. The van der Waals surface area contributed by atoms with Crippen LogP contribution in [-0.2, 0) is 0 Å². The normalized spacial score (nSPS) is 16.3. The molecular weight excluding hydrogens is 713 g/mol. The quantitative estimate of drug-likeness (QED) is 0.184. The number of fused-ring (bicyclic) bond motifs is 8. The molecule has 2 aromatic heterocycles. The third kappa shape index (κ3) is 5.05. The Bertz CT molecular complexity index is 3370. The number of nitrogens with zero attached hydrogens (tertiary/aromatic N) is 2. The van der Waals surface area contributed by atoms with Gasteiger partial charge in [-0.3, -0.25) is 0 Å². The summed E-state index contributed by atoms with van der Waals surface area (Å²) in [5.41, 5.74) is 10.4. The number of benzene rings is 8. The van der Waals surface area contributed by atoms with Gasteiger partial charge in [-0.05, 0) is 74.1 Å². The van der Waals surface area contributed by atoms with E-state index in [-0.39, 0.29) is 12.2 Å².